The molecule has 30 heavy (non-hydrogen) atoms. The van der Waals surface area contributed by atoms with Crippen LogP contribution in [0.1, 0.15) is 18.9 Å². The molecule has 2 fully saturated rings. The molecule has 2 saturated heterocycles. The lowest BCUT2D eigenvalue weighted by atomic mass is 9.76. The van der Waals surface area contributed by atoms with Crippen molar-refractivity contribution in [3.05, 3.63) is 66.2 Å². The Morgan fingerprint density at radius 1 is 1.03 bits per heavy atom. The largest absolute Gasteiger partial charge is 0.342 e. The van der Waals surface area contributed by atoms with E-state index < -0.39 is 0 Å². The van der Waals surface area contributed by atoms with Gasteiger partial charge in [-0.25, -0.2) is 0 Å². The lowest BCUT2D eigenvalue weighted by Gasteiger charge is -2.29. The Kier molecular flexibility index (Phi) is 4.73. The zero-order chi connectivity index (χ0) is 20.6. The molecule has 3 heterocycles. The van der Waals surface area contributed by atoms with Gasteiger partial charge in [0.2, 0.25) is 11.9 Å². The third kappa shape index (κ3) is 3.34. The summed E-state index contributed by atoms with van der Waals surface area (Å²) in [7, 11) is 0. The Hall–Kier alpha value is -3.22. The summed E-state index contributed by atoms with van der Waals surface area (Å²) in [4.78, 5) is 16.4. The molecule has 0 unspecified atom stereocenters. The summed E-state index contributed by atoms with van der Waals surface area (Å²) in [6.07, 6.45) is 2.06. The van der Waals surface area contributed by atoms with Crippen molar-refractivity contribution >= 4 is 11.9 Å². The number of nitrogens with zero attached hydrogens (tertiary/aromatic N) is 6. The van der Waals surface area contributed by atoms with Crippen LogP contribution in [0.15, 0.2) is 60.7 Å². The van der Waals surface area contributed by atoms with E-state index in [2.05, 4.69) is 50.8 Å². The minimum absolute atomic E-state index is 0.0645. The molecule has 0 saturated carbocycles. The van der Waals surface area contributed by atoms with Gasteiger partial charge in [-0.1, -0.05) is 53.6 Å². The second-order valence-corrected chi connectivity index (χ2v) is 8.55. The first kappa shape index (κ1) is 18.8. The highest BCUT2D eigenvalue weighted by atomic mass is 16.2. The number of carbonyl (C=O) groups excluding carboxylic acids is 1. The zero-order valence-corrected chi connectivity index (χ0v) is 17.2. The molecule has 2 aliphatic rings. The third-order valence-corrected chi connectivity index (χ3v) is 6.70. The first-order chi connectivity index (χ1) is 14.6. The summed E-state index contributed by atoms with van der Waals surface area (Å²) in [5.41, 5.74) is 2.37. The first-order valence-electron chi connectivity index (χ1n) is 10.5. The standard InChI is InChI=1S/C23H26N6O/c1-18(30)27-14-20-15-28(22-24-25-26-29(22)21-10-6-3-7-11-21)17-23(20,16-27)13-12-19-8-4-2-5-9-19/h2-11,20H,12-17H2,1H3/t20-,23+/m1/s1. The molecule has 2 atom stereocenters. The average Bonchev–Trinajstić information content (AvgIpc) is 3.46. The molecule has 0 radical (unpaired) electrons. The molecule has 1 amide bonds. The van der Waals surface area contributed by atoms with Crippen LogP contribution in [-0.2, 0) is 11.2 Å². The Balaban J connectivity index is 1.41. The summed E-state index contributed by atoms with van der Waals surface area (Å²) >= 11 is 0. The van der Waals surface area contributed by atoms with Crippen LogP contribution in [0.5, 0.6) is 0 Å². The van der Waals surface area contributed by atoms with Gasteiger partial charge in [-0.05, 0) is 41.0 Å². The minimum atomic E-state index is 0.0645. The van der Waals surface area contributed by atoms with E-state index in [0.29, 0.717) is 5.92 Å². The first-order valence-corrected chi connectivity index (χ1v) is 10.5. The number of likely N-dealkylation sites (tertiary alicyclic amines) is 1. The molecule has 0 bridgehead atoms. The number of hydrogen-bond acceptors (Lipinski definition) is 5. The second kappa shape index (κ2) is 7.55. The van der Waals surface area contributed by atoms with Crippen LogP contribution in [0.4, 0.5) is 5.95 Å². The van der Waals surface area contributed by atoms with Gasteiger partial charge in [0.1, 0.15) is 0 Å². The Bertz CT molecular complexity index is 1020. The van der Waals surface area contributed by atoms with E-state index in [4.69, 9.17) is 0 Å². The number of fused-ring (bicyclic) bond motifs is 1. The van der Waals surface area contributed by atoms with Crippen molar-refractivity contribution in [3.8, 4) is 5.69 Å². The zero-order valence-electron chi connectivity index (χ0n) is 17.2. The fourth-order valence-corrected chi connectivity index (χ4v) is 5.08. The van der Waals surface area contributed by atoms with Crippen molar-refractivity contribution in [1.29, 1.82) is 0 Å². The third-order valence-electron chi connectivity index (χ3n) is 6.70. The summed E-state index contributed by atoms with van der Waals surface area (Å²) in [5, 5.41) is 12.5. The molecular formula is C23H26N6O. The van der Waals surface area contributed by atoms with Gasteiger partial charge in [0.25, 0.3) is 0 Å². The molecular weight excluding hydrogens is 376 g/mol. The maximum atomic E-state index is 12.1. The van der Waals surface area contributed by atoms with Gasteiger partial charge in [0.05, 0.1) is 5.69 Å². The van der Waals surface area contributed by atoms with Crippen LogP contribution in [0, 0.1) is 11.3 Å². The van der Waals surface area contributed by atoms with Gasteiger partial charge in [-0.2, -0.15) is 4.68 Å². The number of anilines is 1. The van der Waals surface area contributed by atoms with Gasteiger partial charge in [0.15, 0.2) is 0 Å². The van der Waals surface area contributed by atoms with E-state index in [-0.39, 0.29) is 11.3 Å². The van der Waals surface area contributed by atoms with Crippen LogP contribution in [0.2, 0.25) is 0 Å². The van der Waals surface area contributed by atoms with E-state index >= 15 is 0 Å². The summed E-state index contributed by atoms with van der Waals surface area (Å²) < 4.78 is 1.81. The second-order valence-electron chi connectivity index (χ2n) is 8.55. The van der Waals surface area contributed by atoms with Gasteiger partial charge < -0.3 is 9.80 Å². The number of aryl methyl sites for hydroxylation is 1. The van der Waals surface area contributed by atoms with Gasteiger partial charge >= 0.3 is 0 Å². The monoisotopic (exact) mass is 402 g/mol. The number of rotatable bonds is 5. The maximum absolute atomic E-state index is 12.1. The molecule has 7 heteroatoms. The van der Waals surface area contributed by atoms with Gasteiger partial charge in [0, 0.05) is 44.4 Å². The maximum Gasteiger partial charge on any atom is 0.250 e. The normalized spacial score (nSPS) is 23.0. The summed E-state index contributed by atoms with van der Waals surface area (Å²) in [6.45, 7) is 5.03. The quantitative estimate of drug-likeness (QED) is 0.656. The fraction of sp³-hybridized carbons (Fsp3) is 0.391. The summed E-state index contributed by atoms with van der Waals surface area (Å²) in [5.74, 6) is 1.37. The minimum Gasteiger partial charge on any atom is -0.342 e. The van der Waals surface area contributed by atoms with Crippen LogP contribution in [-0.4, -0.2) is 57.2 Å². The Morgan fingerprint density at radius 3 is 2.50 bits per heavy atom. The molecule has 0 N–H and O–H groups in total. The van der Waals surface area contributed by atoms with Crippen molar-refractivity contribution in [2.24, 2.45) is 11.3 Å². The van der Waals surface area contributed by atoms with E-state index in [9.17, 15) is 4.79 Å². The molecule has 3 aromatic rings. The van der Waals surface area contributed by atoms with Crippen molar-refractivity contribution in [1.82, 2.24) is 25.1 Å². The Labute approximate surface area is 176 Å². The van der Waals surface area contributed by atoms with Crippen LogP contribution in [0.25, 0.3) is 5.69 Å². The van der Waals surface area contributed by atoms with Crippen LogP contribution >= 0.6 is 0 Å². The molecule has 0 spiro atoms. The number of aromatic nitrogens is 4. The molecule has 5 rings (SSSR count). The number of hydrogen-bond donors (Lipinski definition) is 0. The SMILES string of the molecule is CC(=O)N1C[C@@H]2CN(c3nnnn3-c3ccccc3)C[C@]2(CCc2ccccc2)C1. The molecule has 2 aliphatic heterocycles. The summed E-state index contributed by atoms with van der Waals surface area (Å²) in [6, 6.07) is 20.6. The van der Waals surface area contributed by atoms with Crippen molar-refractivity contribution in [3.63, 3.8) is 0 Å². The predicted molar refractivity (Wildman–Crippen MR) is 114 cm³/mol. The van der Waals surface area contributed by atoms with Gasteiger partial charge in [-0.15, -0.1) is 0 Å². The predicted octanol–water partition coefficient (Wildman–Crippen LogP) is 2.58. The number of carbonyl (C=O) groups is 1. The lowest BCUT2D eigenvalue weighted by Crippen LogP contribution is -2.37. The van der Waals surface area contributed by atoms with E-state index in [0.717, 1.165) is 50.7 Å². The van der Waals surface area contributed by atoms with Gasteiger partial charge in [-0.3, -0.25) is 4.79 Å². The van der Waals surface area contributed by atoms with Crippen molar-refractivity contribution in [2.45, 2.75) is 19.8 Å². The topological polar surface area (TPSA) is 67.2 Å². The smallest absolute Gasteiger partial charge is 0.250 e. The lowest BCUT2D eigenvalue weighted by molar-refractivity contribution is -0.128. The number of para-hydroxylation sites is 1. The van der Waals surface area contributed by atoms with Crippen molar-refractivity contribution in [2.75, 3.05) is 31.1 Å². The van der Waals surface area contributed by atoms with Crippen LogP contribution in [0.3, 0.4) is 0 Å². The molecule has 1 aromatic heterocycles. The highest BCUT2D eigenvalue weighted by molar-refractivity contribution is 5.73. The molecule has 7 nitrogen and oxygen atoms in total. The highest BCUT2D eigenvalue weighted by Crippen LogP contribution is 2.46. The van der Waals surface area contributed by atoms with E-state index in [1.807, 2.05) is 39.9 Å². The highest BCUT2D eigenvalue weighted by Gasteiger charge is 2.53. The average molecular weight is 403 g/mol. The molecule has 2 aromatic carbocycles. The van der Waals surface area contributed by atoms with Crippen LogP contribution < -0.4 is 4.90 Å². The number of benzene rings is 2. The van der Waals surface area contributed by atoms with E-state index in [1.165, 1.54) is 5.56 Å². The molecule has 154 valence electrons. The Morgan fingerprint density at radius 2 is 1.77 bits per heavy atom. The molecule has 0 aliphatic carbocycles. The van der Waals surface area contributed by atoms with E-state index in [1.54, 1.807) is 6.92 Å². The number of amides is 1. The number of tetrazole rings is 1. The fourth-order valence-electron chi connectivity index (χ4n) is 5.08. The van der Waals surface area contributed by atoms with Crippen molar-refractivity contribution < 1.29 is 4.79 Å².